The van der Waals surface area contributed by atoms with Gasteiger partial charge in [0.2, 0.25) is 0 Å². The van der Waals surface area contributed by atoms with Crippen LogP contribution in [0.15, 0.2) is 42.5 Å². The highest BCUT2D eigenvalue weighted by molar-refractivity contribution is 5.93. The van der Waals surface area contributed by atoms with Crippen molar-refractivity contribution in [2.75, 3.05) is 31.7 Å². The van der Waals surface area contributed by atoms with Gasteiger partial charge < -0.3 is 15.2 Å². The van der Waals surface area contributed by atoms with E-state index in [9.17, 15) is 5.11 Å². The molecule has 0 radical (unpaired) electrons. The van der Waals surface area contributed by atoms with Crippen LogP contribution in [0.1, 0.15) is 0 Å². The van der Waals surface area contributed by atoms with Crippen LogP contribution in [0, 0.1) is 5.41 Å². The smallest absolute Gasteiger partial charge is 0.0584 e. The van der Waals surface area contributed by atoms with E-state index in [0.717, 1.165) is 12.2 Å². The van der Waals surface area contributed by atoms with Crippen molar-refractivity contribution >= 4 is 16.5 Å². The number of benzene rings is 2. The Morgan fingerprint density at radius 1 is 1.11 bits per heavy atom. The molecule has 0 bridgehead atoms. The molecule has 1 fully saturated rings. The van der Waals surface area contributed by atoms with Gasteiger partial charge in [0.05, 0.1) is 25.2 Å². The number of anilines is 1. The van der Waals surface area contributed by atoms with Crippen LogP contribution >= 0.6 is 0 Å². The lowest BCUT2D eigenvalue weighted by Gasteiger charge is -2.40. The molecule has 1 aliphatic rings. The minimum atomic E-state index is -0.100. The second-order valence-corrected chi connectivity index (χ2v) is 5.03. The largest absolute Gasteiger partial charge is 0.396 e. The molecule has 0 aliphatic carbocycles. The van der Waals surface area contributed by atoms with E-state index in [1.807, 2.05) is 18.2 Å². The summed E-state index contributed by atoms with van der Waals surface area (Å²) < 4.78 is 5.21. The predicted octanol–water partition coefficient (Wildman–Crippen LogP) is 2.26. The van der Waals surface area contributed by atoms with Gasteiger partial charge in [0.1, 0.15) is 0 Å². The van der Waals surface area contributed by atoms with Gasteiger partial charge in [-0.05, 0) is 11.5 Å². The van der Waals surface area contributed by atoms with E-state index in [4.69, 9.17) is 4.74 Å². The zero-order chi connectivity index (χ0) is 12.4. The summed E-state index contributed by atoms with van der Waals surface area (Å²) in [6, 6.07) is 14.5. The number of fused-ring (bicyclic) bond motifs is 1. The van der Waals surface area contributed by atoms with Gasteiger partial charge in [0.25, 0.3) is 0 Å². The number of nitrogens with one attached hydrogen (secondary N) is 1. The Balaban J connectivity index is 1.82. The average Bonchev–Trinajstić information content (AvgIpc) is 2.38. The summed E-state index contributed by atoms with van der Waals surface area (Å²) in [6.07, 6.45) is 0. The molecule has 3 nitrogen and oxygen atoms in total. The van der Waals surface area contributed by atoms with Crippen molar-refractivity contribution in [3.8, 4) is 0 Å². The number of aliphatic hydroxyl groups is 1. The first-order chi connectivity index (χ1) is 8.83. The maximum Gasteiger partial charge on any atom is 0.0584 e. The second kappa shape index (κ2) is 4.59. The molecule has 18 heavy (non-hydrogen) atoms. The predicted molar refractivity (Wildman–Crippen MR) is 72.8 cm³/mol. The summed E-state index contributed by atoms with van der Waals surface area (Å²) in [5.41, 5.74) is 1.02. The van der Waals surface area contributed by atoms with E-state index in [1.54, 1.807) is 0 Å². The fourth-order valence-corrected chi connectivity index (χ4v) is 2.30. The molecule has 0 spiro atoms. The van der Waals surface area contributed by atoms with E-state index in [-0.39, 0.29) is 12.0 Å². The van der Waals surface area contributed by atoms with Crippen molar-refractivity contribution in [2.24, 2.45) is 5.41 Å². The molecule has 1 saturated heterocycles. The molecule has 0 saturated carbocycles. The SMILES string of the molecule is OCC1(CNc2cccc3ccccc23)COC1. The molecule has 2 aromatic rings. The van der Waals surface area contributed by atoms with Crippen LogP contribution in [0.4, 0.5) is 5.69 Å². The van der Waals surface area contributed by atoms with Crippen LogP contribution in [0.5, 0.6) is 0 Å². The van der Waals surface area contributed by atoms with Gasteiger partial charge in [-0.15, -0.1) is 0 Å². The van der Waals surface area contributed by atoms with Crippen LogP contribution in [-0.4, -0.2) is 31.5 Å². The van der Waals surface area contributed by atoms with Gasteiger partial charge >= 0.3 is 0 Å². The zero-order valence-electron chi connectivity index (χ0n) is 10.2. The van der Waals surface area contributed by atoms with Gasteiger partial charge in [0, 0.05) is 17.6 Å². The number of hydrogen-bond acceptors (Lipinski definition) is 3. The van der Waals surface area contributed by atoms with Crippen LogP contribution in [0.3, 0.4) is 0 Å². The molecule has 3 heteroatoms. The van der Waals surface area contributed by atoms with Crippen LogP contribution in [0.2, 0.25) is 0 Å². The minimum absolute atomic E-state index is 0.100. The Hall–Kier alpha value is -1.58. The first-order valence-corrected chi connectivity index (χ1v) is 6.23. The van der Waals surface area contributed by atoms with Gasteiger partial charge in [-0.1, -0.05) is 36.4 Å². The Kier molecular flexibility index (Phi) is 2.94. The van der Waals surface area contributed by atoms with Crippen molar-refractivity contribution < 1.29 is 9.84 Å². The molecule has 2 N–H and O–H groups in total. The lowest BCUT2D eigenvalue weighted by Crippen LogP contribution is -2.50. The summed E-state index contributed by atoms with van der Waals surface area (Å²) >= 11 is 0. The number of ether oxygens (including phenoxy) is 1. The third-order valence-electron chi connectivity index (χ3n) is 3.60. The average molecular weight is 243 g/mol. The summed E-state index contributed by atoms with van der Waals surface area (Å²) in [4.78, 5) is 0. The third-order valence-corrected chi connectivity index (χ3v) is 3.60. The van der Waals surface area contributed by atoms with Gasteiger partial charge in [-0.25, -0.2) is 0 Å². The topological polar surface area (TPSA) is 41.5 Å². The van der Waals surface area contributed by atoms with E-state index in [0.29, 0.717) is 13.2 Å². The molecule has 1 aliphatic heterocycles. The van der Waals surface area contributed by atoms with E-state index in [2.05, 4.69) is 29.6 Å². The highest BCUT2D eigenvalue weighted by atomic mass is 16.5. The molecule has 0 aromatic heterocycles. The molecular weight excluding hydrogens is 226 g/mol. The summed E-state index contributed by atoms with van der Waals surface area (Å²) in [7, 11) is 0. The number of aliphatic hydroxyl groups excluding tert-OH is 1. The lowest BCUT2D eigenvalue weighted by molar-refractivity contribution is -0.128. The number of hydrogen-bond donors (Lipinski definition) is 2. The molecule has 3 rings (SSSR count). The summed E-state index contributed by atoms with van der Waals surface area (Å²) in [5, 5.41) is 15.3. The van der Waals surface area contributed by atoms with Gasteiger partial charge in [-0.2, -0.15) is 0 Å². The van der Waals surface area contributed by atoms with Crippen molar-refractivity contribution in [3.63, 3.8) is 0 Å². The molecule has 0 unspecified atom stereocenters. The highest BCUT2D eigenvalue weighted by Crippen LogP contribution is 2.29. The van der Waals surface area contributed by atoms with E-state index < -0.39 is 0 Å². The second-order valence-electron chi connectivity index (χ2n) is 5.03. The Bertz CT molecular complexity index is 538. The first kappa shape index (κ1) is 11.5. The maximum atomic E-state index is 9.41. The molecule has 94 valence electrons. The lowest BCUT2D eigenvalue weighted by atomic mass is 9.87. The number of rotatable bonds is 4. The zero-order valence-corrected chi connectivity index (χ0v) is 10.2. The molecule has 0 amide bonds. The molecule has 2 aromatic carbocycles. The maximum absolute atomic E-state index is 9.41. The third kappa shape index (κ3) is 1.96. The summed E-state index contributed by atoms with van der Waals surface area (Å²) in [5.74, 6) is 0. The Morgan fingerprint density at radius 2 is 1.89 bits per heavy atom. The van der Waals surface area contributed by atoms with Crippen LogP contribution < -0.4 is 5.32 Å². The molecule has 0 atom stereocenters. The van der Waals surface area contributed by atoms with Gasteiger partial charge in [0.15, 0.2) is 0 Å². The minimum Gasteiger partial charge on any atom is -0.396 e. The monoisotopic (exact) mass is 243 g/mol. The van der Waals surface area contributed by atoms with Crippen molar-refractivity contribution in [3.05, 3.63) is 42.5 Å². The fraction of sp³-hybridized carbons (Fsp3) is 0.333. The first-order valence-electron chi connectivity index (χ1n) is 6.23. The van der Waals surface area contributed by atoms with Crippen LogP contribution in [0.25, 0.3) is 10.8 Å². The molecule has 1 heterocycles. The fourth-order valence-electron chi connectivity index (χ4n) is 2.30. The normalized spacial score (nSPS) is 17.4. The van der Waals surface area contributed by atoms with Crippen molar-refractivity contribution in [2.45, 2.75) is 0 Å². The summed E-state index contributed by atoms with van der Waals surface area (Å²) in [6.45, 7) is 2.20. The van der Waals surface area contributed by atoms with Crippen molar-refractivity contribution in [1.82, 2.24) is 0 Å². The Labute approximate surface area is 106 Å². The van der Waals surface area contributed by atoms with E-state index in [1.165, 1.54) is 10.8 Å². The quantitative estimate of drug-likeness (QED) is 0.865. The van der Waals surface area contributed by atoms with E-state index >= 15 is 0 Å². The Morgan fingerprint density at radius 3 is 2.61 bits per heavy atom. The highest BCUT2D eigenvalue weighted by Gasteiger charge is 2.37. The molecular formula is C15H17NO2. The van der Waals surface area contributed by atoms with Crippen molar-refractivity contribution in [1.29, 1.82) is 0 Å². The standard InChI is InChI=1S/C15H17NO2/c17-9-15(10-18-11-15)8-16-14-7-3-5-12-4-1-2-6-13(12)14/h1-7,16-17H,8-11H2. The van der Waals surface area contributed by atoms with Gasteiger partial charge in [-0.3, -0.25) is 0 Å². The van der Waals surface area contributed by atoms with Crippen LogP contribution in [-0.2, 0) is 4.74 Å².